The van der Waals surface area contributed by atoms with Crippen molar-refractivity contribution >= 4 is 17.3 Å². The van der Waals surface area contributed by atoms with Crippen LogP contribution in [0.15, 0.2) is 30.3 Å². The third-order valence-electron chi connectivity index (χ3n) is 6.27. The minimum Gasteiger partial charge on any atom is -0.368 e. The largest absolute Gasteiger partial charge is 0.368 e. The Hall–Kier alpha value is -3.07. The zero-order valence-corrected chi connectivity index (χ0v) is 18.2. The lowest BCUT2D eigenvalue weighted by atomic mass is 9.72. The molecule has 3 aromatic rings. The molecule has 0 atom stereocenters. The van der Waals surface area contributed by atoms with E-state index in [0.29, 0.717) is 11.7 Å². The molecule has 6 nitrogen and oxygen atoms in total. The van der Waals surface area contributed by atoms with E-state index in [1.807, 2.05) is 13.0 Å². The van der Waals surface area contributed by atoms with Gasteiger partial charge in [0.25, 0.3) is 0 Å². The summed E-state index contributed by atoms with van der Waals surface area (Å²) in [6, 6.07) is 7.17. The van der Waals surface area contributed by atoms with Crippen LogP contribution in [0, 0.1) is 29.8 Å². The van der Waals surface area contributed by atoms with E-state index in [-0.39, 0.29) is 34.3 Å². The molecule has 2 saturated heterocycles. The van der Waals surface area contributed by atoms with E-state index < -0.39 is 11.6 Å². The van der Waals surface area contributed by atoms with E-state index in [1.54, 1.807) is 6.07 Å². The van der Waals surface area contributed by atoms with Gasteiger partial charge in [-0.15, -0.1) is 5.10 Å². The number of rotatable bonds is 5. The van der Waals surface area contributed by atoms with Gasteiger partial charge in [0, 0.05) is 49.3 Å². The summed E-state index contributed by atoms with van der Waals surface area (Å²) in [6.07, 6.45) is 0. The molecule has 0 amide bonds. The maximum absolute atomic E-state index is 15.3. The zero-order valence-electron chi connectivity index (χ0n) is 18.2. The number of aryl methyl sites for hydroxylation is 1. The molecule has 2 aromatic carbocycles. The van der Waals surface area contributed by atoms with Gasteiger partial charge in [-0.1, -0.05) is 0 Å². The fraction of sp³-hybridized carbons (Fsp3) is 0.391. The number of aromatic amines is 1. The maximum Gasteiger partial charge on any atom is 0.246 e. The average molecular weight is 442 g/mol. The van der Waals surface area contributed by atoms with E-state index in [9.17, 15) is 8.78 Å². The molecule has 3 heterocycles. The Balaban J connectivity index is 1.33. The third kappa shape index (κ3) is 3.70. The number of aromatic nitrogens is 3. The van der Waals surface area contributed by atoms with Crippen LogP contribution in [-0.4, -0.2) is 52.3 Å². The minimum absolute atomic E-state index is 0.117. The van der Waals surface area contributed by atoms with Crippen molar-refractivity contribution in [2.45, 2.75) is 26.8 Å². The van der Waals surface area contributed by atoms with Gasteiger partial charge in [0.2, 0.25) is 5.95 Å². The minimum atomic E-state index is -0.712. The van der Waals surface area contributed by atoms with Crippen LogP contribution in [0.5, 0.6) is 0 Å². The first-order valence-electron chi connectivity index (χ1n) is 10.7. The molecule has 1 spiro atoms. The molecule has 168 valence electrons. The Morgan fingerprint density at radius 2 is 1.69 bits per heavy atom. The summed E-state index contributed by atoms with van der Waals surface area (Å²) in [7, 11) is 0. The summed E-state index contributed by atoms with van der Waals surface area (Å²) in [5.74, 6) is -1.49. The van der Waals surface area contributed by atoms with Gasteiger partial charge in [0.15, 0.2) is 11.6 Å². The SMILES string of the molecule is Cc1cc(Nc2n[nH]c(-c3cc(F)cc(F)c3)n2)c(F)c(N2CC3(C2)CN(C(C)C)C3)c1. The van der Waals surface area contributed by atoms with Crippen molar-refractivity contribution in [1.29, 1.82) is 0 Å². The Morgan fingerprint density at radius 1 is 1.00 bits per heavy atom. The number of halogens is 3. The molecule has 2 N–H and O–H groups in total. The van der Waals surface area contributed by atoms with Crippen LogP contribution >= 0.6 is 0 Å². The quantitative estimate of drug-likeness (QED) is 0.611. The van der Waals surface area contributed by atoms with Gasteiger partial charge in [-0.2, -0.15) is 4.98 Å². The number of benzene rings is 2. The van der Waals surface area contributed by atoms with E-state index in [1.165, 1.54) is 0 Å². The van der Waals surface area contributed by atoms with Crippen molar-refractivity contribution in [1.82, 2.24) is 20.1 Å². The highest BCUT2D eigenvalue weighted by Gasteiger charge is 2.52. The third-order valence-corrected chi connectivity index (χ3v) is 6.27. The maximum atomic E-state index is 15.3. The van der Waals surface area contributed by atoms with Crippen LogP contribution in [0.4, 0.5) is 30.5 Å². The number of likely N-dealkylation sites (tertiary alicyclic amines) is 1. The predicted octanol–water partition coefficient (Wildman–Crippen LogP) is 4.47. The summed E-state index contributed by atoms with van der Waals surface area (Å²) < 4.78 is 42.3. The van der Waals surface area contributed by atoms with Gasteiger partial charge >= 0.3 is 0 Å². The van der Waals surface area contributed by atoms with Crippen LogP contribution in [0.25, 0.3) is 11.4 Å². The van der Waals surface area contributed by atoms with Crippen LogP contribution in [-0.2, 0) is 0 Å². The number of nitrogens with zero attached hydrogens (tertiary/aromatic N) is 4. The highest BCUT2D eigenvalue weighted by atomic mass is 19.1. The molecular formula is C23H25F3N6. The summed E-state index contributed by atoms with van der Waals surface area (Å²) in [5.41, 5.74) is 2.21. The highest BCUT2D eigenvalue weighted by Crippen LogP contribution is 2.44. The van der Waals surface area contributed by atoms with Gasteiger partial charge < -0.3 is 10.2 Å². The van der Waals surface area contributed by atoms with Gasteiger partial charge in [0.1, 0.15) is 11.6 Å². The summed E-state index contributed by atoms with van der Waals surface area (Å²) >= 11 is 0. The van der Waals surface area contributed by atoms with Gasteiger partial charge in [-0.05, 0) is 50.6 Å². The first kappa shape index (κ1) is 20.8. The first-order chi connectivity index (χ1) is 15.2. The fourth-order valence-corrected chi connectivity index (χ4v) is 4.64. The van der Waals surface area contributed by atoms with Gasteiger partial charge in [-0.3, -0.25) is 10.00 Å². The lowest BCUT2D eigenvalue weighted by molar-refractivity contribution is -0.0413. The van der Waals surface area contributed by atoms with Crippen LogP contribution < -0.4 is 10.2 Å². The van der Waals surface area contributed by atoms with E-state index >= 15 is 4.39 Å². The molecule has 32 heavy (non-hydrogen) atoms. The Morgan fingerprint density at radius 3 is 2.34 bits per heavy atom. The molecule has 0 radical (unpaired) electrons. The summed E-state index contributed by atoms with van der Waals surface area (Å²) in [6.45, 7) is 10.1. The average Bonchev–Trinajstić information content (AvgIpc) is 3.10. The van der Waals surface area contributed by atoms with E-state index in [2.05, 4.69) is 44.1 Å². The van der Waals surface area contributed by atoms with Crippen molar-refractivity contribution in [2.75, 3.05) is 36.4 Å². The lowest BCUT2D eigenvalue weighted by Crippen LogP contribution is -2.73. The van der Waals surface area contributed by atoms with Crippen LogP contribution in [0.3, 0.4) is 0 Å². The number of H-pyrrole nitrogens is 1. The number of anilines is 3. The molecule has 0 aliphatic carbocycles. The number of nitrogens with one attached hydrogen (secondary N) is 2. The summed E-state index contributed by atoms with van der Waals surface area (Å²) in [5, 5.41) is 9.55. The second-order valence-electron chi connectivity index (χ2n) is 9.29. The molecule has 0 saturated carbocycles. The Bertz CT molecular complexity index is 1140. The topological polar surface area (TPSA) is 60.1 Å². The van der Waals surface area contributed by atoms with Crippen molar-refractivity contribution in [2.24, 2.45) is 5.41 Å². The second kappa shape index (κ2) is 7.51. The Labute approximate surface area is 184 Å². The van der Waals surface area contributed by atoms with E-state index in [0.717, 1.165) is 49.9 Å². The van der Waals surface area contributed by atoms with Crippen molar-refractivity contribution in [3.8, 4) is 11.4 Å². The standard InChI is InChI=1S/C23H25F3N6/c1-13(2)31-9-23(10-31)11-32(12-23)19-5-14(3)4-18(20(19)26)27-22-28-21(29-30-22)15-6-16(24)8-17(25)7-15/h4-8,13H,9-12H2,1-3H3,(H2,27,28,29,30). The first-order valence-corrected chi connectivity index (χ1v) is 10.7. The number of hydrogen-bond acceptors (Lipinski definition) is 5. The van der Waals surface area contributed by atoms with Gasteiger partial charge in [0.05, 0.1) is 11.4 Å². The van der Waals surface area contributed by atoms with Crippen molar-refractivity contribution in [3.63, 3.8) is 0 Å². The van der Waals surface area contributed by atoms with Crippen molar-refractivity contribution in [3.05, 3.63) is 53.3 Å². The van der Waals surface area contributed by atoms with Crippen molar-refractivity contribution < 1.29 is 13.2 Å². The Kier molecular flexibility index (Phi) is 4.88. The van der Waals surface area contributed by atoms with Crippen LogP contribution in [0.2, 0.25) is 0 Å². The molecule has 2 aliphatic rings. The summed E-state index contributed by atoms with van der Waals surface area (Å²) in [4.78, 5) is 8.72. The fourth-order valence-electron chi connectivity index (χ4n) is 4.64. The molecule has 0 bridgehead atoms. The zero-order chi connectivity index (χ0) is 22.6. The monoisotopic (exact) mass is 442 g/mol. The van der Waals surface area contributed by atoms with E-state index in [4.69, 9.17) is 0 Å². The molecule has 9 heteroatoms. The number of hydrogen-bond donors (Lipinski definition) is 2. The molecule has 5 rings (SSSR count). The molecular weight excluding hydrogens is 417 g/mol. The molecule has 0 unspecified atom stereocenters. The normalized spacial score (nSPS) is 17.5. The molecule has 2 aliphatic heterocycles. The second-order valence-corrected chi connectivity index (χ2v) is 9.29. The van der Waals surface area contributed by atoms with Crippen LogP contribution in [0.1, 0.15) is 19.4 Å². The molecule has 1 aromatic heterocycles. The highest BCUT2D eigenvalue weighted by molar-refractivity contribution is 5.67. The smallest absolute Gasteiger partial charge is 0.246 e. The lowest BCUT2D eigenvalue weighted by Gasteiger charge is -2.62. The molecule has 2 fully saturated rings. The van der Waals surface area contributed by atoms with Gasteiger partial charge in [-0.25, -0.2) is 13.2 Å². The predicted molar refractivity (Wildman–Crippen MR) is 118 cm³/mol.